The molecule has 3 rings (SSSR count). The molecular formula is C27H32N2O8. The van der Waals surface area contributed by atoms with Crippen LogP contribution in [0.1, 0.15) is 51.2 Å². The van der Waals surface area contributed by atoms with Gasteiger partial charge in [0.25, 0.3) is 0 Å². The van der Waals surface area contributed by atoms with Gasteiger partial charge < -0.3 is 30.3 Å². The predicted octanol–water partition coefficient (Wildman–Crippen LogP) is 2.58. The topological polar surface area (TPSA) is 151 Å². The quantitative estimate of drug-likeness (QED) is 0.374. The molecule has 0 fully saturated rings. The van der Waals surface area contributed by atoms with Crippen LogP contribution in [0.25, 0.3) is 11.1 Å². The summed E-state index contributed by atoms with van der Waals surface area (Å²) in [6.07, 6.45) is -2.95. The van der Waals surface area contributed by atoms with E-state index in [9.17, 15) is 29.4 Å². The van der Waals surface area contributed by atoms with Crippen molar-refractivity contribution in [1.82, 2.24) is 10.6 Å². The fraction of sp³-hybridized carbons (Fsp3) is 0.407. The van der Waals surface area contributed by atoms with Crippen molar-refractivity contribution in [2.24, 2.45) is 0 Å². The molecule has 10 nitrogen and oxygen atoms in total. The van der Waals surface area contributed by atoms with Gasteiger partial charge in [-0.25, -0.2) is 9.59 Å². The molecule has 37 heavy (non-hydrogen) atoms. The maximum absolute atomic E-state index is 12.8. The predicted molar refractivity (Wildman–Crippen MR) is 134 cm³/mol. The van der Waals surface area contributed by atoms with Gasteiger partial charge in [0.05, 0.1) is 12.5 Å². The molecule has 10 heteroatoms. The number of rotatable bonds is 9. The van der Waals surface area contributed by atoms with E-state index in [4.69, 9.17) is 9.47 Å². The maximum Gasteiger partial charge on any atom is 0.407 e. The monoisotopic (exact) mass is 512 g/mol. The lowest BCUT2D eigenvalue weighted by Crippen LogP contribution is -2.55. The molecule has 198 valence electrons. The molecule has 0 saturated heterocycles. The highest BCUT2D eigenvalue weighted by Gasteiger charge is 2.33. The van der Waals surface area contributed by atoms with Crippen LogP contribution in [-0.2, 0) is 23.9 Å². The largest absolute Gasteiger partial charge is 0.480 e. The molecule has 1 aliphatic carbocycles. The van der Waals surface area contributed by atoms with Crippen molar-refractivity contribution in [3.8, 4) is 11.1 Å². The molecule has 0 spiro atoms. The second-order valence-corrected chi connectivity index (χ2v) is 9.88. The van der Waals surface area contributed by atoms with Gasteiger partial charge in [-0.05, 0) is 49.9 Å². The second kappa shape index (κ2) is 11.4. The molecule has 0 aromatic heterocycles. The van der Waals surface area contributed by atoms with E-state index in [1.807, 2.05) is 48.5 Å². The average Bonchev–Trinajstić information content (AvgIpc) is 3.12. The van der Waals surface area contributed by atoms with E-state index in [1.165, 1.54) is 6.92 Å². The number of esters is 1. The van der Waals surface area contributed by atoms with E-state index in [-0.39, 0.29) is 12.5 Å². The molecular weight excluding hydrogens is 480 g/mol. The fourth-order valence-corrected chi connectivity index (χ4v) is 4.18. The van der Waals surface area contributed by atoms with Gasteiger partial charge >= 0.3 is 18.0 Å². The average molecular weight is 513 g/mol. The summed E-state index contributed by atoms with van der Waals surface area (Å²) in [5.41, 5.74) is 3.26. The minimum atomic E-state index is -1.64. The lowest BCUT2D eigenvalue weighted by molar-refractivity contribution is -0.156. The summed E-state index contributed by atoms with van der Waals surface area (Å²) in [5.74, 6) is -3.45. The normalized spacial score (nSPS) is 14.9. The van der Waals surface area contributed by atoms with E-state index in [1.54, 1.807) is 20.8 Å². The van der Waals surface area contributed by atoms with Gasteiger partial charge in [0.1, 0.15) is 18.2 Å². The Hall–Kier alpha value is -3.92. The zero-order valence-electron chi connectivity index (χ0n) is 21.2. The van der Waals surface area contributed by atoms with Crippen molar-refractivity contribution >= 4 is 23.9 Å². The molecule has 0 heterocycles. The highest BCUT2D eigenvalue weighted by Crippen LogP contribution is 2.44. The van der Waals surface area contributed by atoms with Gasteiger partial charge in [0.15, 0.2) is 6.04 Å². The Morgan fingerprint density at radius 3 is 1.97 bits per heavy atom. The summed E-state index contributed by atoms with van der Waals surface area (Å²) in [4.78, 5) is 49.3. The van der Waals surface area contributed by atoms with Crippen LogP contribution >= 0.6 is 0 Å². The molecule has 3 atom stereocenters. The number of hydrogen-bond acceptors (Lipinski definition) is 7. The Balaban J connectivity index is 1.72. The van der Waals surface area contributed by atoms with Crippen LogP contribution in [0.15, 0.2) is 48.5 Å². The zero-order valence-corrected chi connectivity index (χ0v) is 21.2. The summed E-state index contributed by atoms with van der Waals surface area (Å²) >= 11 is 0. The maximum atomic E-state index is 12.8. The number of aliphatic hydroxyl groups excluding tert-OH is 1. The Bertz CT molecular complexity index is 1130. The third kappa shape index (κ3) is 7.07. The van der Waals surface area contributed by atoms with Crippen LogP contribution in [0.2, 0.25) is 0 Å². The molecule has 0 aliphatic heterocycles. The fourth-order valence-electron chi connectivity index (χ4n) is 4.18. The first-order chi connectivity index (χ1) is 17.4. The van der Waals surface area contributed by atoms with Crippen molar-refractivity contribution in [2.75, 3.05) is 6.61 Å². The summed E-state index contributed by atoms with van der Waals surface area (Å²) in [5, 5.41) is 23.5. The summed E-state index contributed by atoms with van der Waals surface area (Å²) in [6.45, 7) is 6.11. The Kier molecular flexibility index (Phi) is 8.54. The number of benzene rings is 2. The SMILES string of the molecule is C[C@@H](O)[C@H](NC(=O)[C@H](CC(=O)OC(C)(C)C)NC(=O)OCC1c2ccccc2-c2ccccc21)C(=O)O. The van der Waals surface area contributed by atoms with Gasteiger partial charge in [-0.1, -0.05) is 48.5 Å². The van der Waals surface area contributed by atoms with E-state index in [0.29, 0.717) is 0 Å². The summed E-state index contributed by atoms with van der Waals surface area (Å²) < 4.78 is 10.7. The molecule has 0 radical (unpaired) electrons. The molecule has 2 aromatic rings. The van der Waals surface area contributed by atoms with Crippen molar-refractivity contribution in [3.05, 3.63) is 59.7 Å². The molecule has 4 N–H and O–H groups in total. The molecule has 0 bridgehead atoms. The molecule has 2 aromatic carbocycles. The summed E-state index contributed by atoms with van der Waals surface area (Å²) in [7, 11) is 0. The highest BCUT2D eigenvalue weighted by atomic mass is 16.6. The number of ether oxygens (including phenoxy) is 2. The molecule has 1 aliphatic rings. The molecule has 0 unspecified atom stereocenters. The van der Waals surface area contributed by atoms with Gasteiger partial charge in [0.2, 0.25) is 5.91 Å². The number of carboxylic acids is 1. The van der Waals surface area contributed by atoms with E-state index in [0.717, 1.165) is 22.3 Å². The van der Waals surface area contributed by atoms with Crippen LogP contribution in [0.4, 0.5) is 4.79 Å². The lowest BCUT2D eigenvalue weighted by Gasteiger charge is -2.24. The number of nitrogens with one attached hydrogen (secondary N) is 2. The third-order valence-electron chi connectivity index (χ3n) is 5.79. The third-order valence-corrected chi connectivity index (χ3v) is 5.79. The second-order valence-electron chi connectivity index (χ2n) is 9.88. The standard InChI is InChI=1S/C27H32N2O8/c1-15(30)23(25(33)34)29-24(32)21(13-22(31)37-27(2,3)4)28-26(35)36-14-20-18-11-7-5-9-16(18)17-10-6-8-12-19(17)20/h5-12,15,20-21,23,30H,13-14H2,1-4H3,(H,28,35)(H,29,32)(H,33,34)/t15-,21+,23+/m1/s1. The van der Waals surface area contributed by atoms with E-state index >= 15 is 0 Å². The lowest BCUT2D eigenvalue weighted by atomic mass is 9.98. The van der Waals surface area contributed by atoms with Gasteiger partial charge in [0, 0.05) is 5.92 Å². The van der Waals surface area contributed by atoms with Crippen molar-refractivity contribution < 1.29 is 38.9 Å². The number of carbonyl (C=O) groups is 4. The zero-order chi connectivity index (χ0) is 27.3. The number of aliphatic hydroxyl groups is 1. The number of carboxylic acid groups (broad SMARTS) is 1. The number of amides is 2. The molecule has 2 amide bonds. The minimum absolute atomic E-state index is 0.0218. The van der Waals surface area contributed by atoms with Crippen molar-refractivity contribution in [1.29, 1.82) is 0 Å². The van der Waals surface area contributed by atoms with Crippen molar-refractivity contribution in [3.63, 3.8) is 0 Å². The van der Waals surface area contributed by atoms with Crippen LogP contribution in [-0.4, -0.2) is 64.5 Å². The minimum Gasteiger partial charge on any atom is -0.480 e. The number of alkyl carbamates (subject to hydrolysis) is 1. The number of hydrogen-bond donors (Lipinski definition) is 4. The van der Waals surface area contributed by atoms with Gasteiger partial charge in [-0.3, -0.25) is 9.59 Å². The van der Waals surface area contributed by atoms with Crippen LogP contribution in [0.5, 0.6) is 0 Å². The first-order valence-electron chi connectivity index (χ1n) is 11.9. The van der Waals surface area contributed by atoms with Crippen molar-refractivity contribution in [2.45, 2.75) is 63.8 Å². The van der Waals surface area contributed by atoms with Gasteiger partial charge in [-0.2, -0.15) is 0 Å². The number of aliphatic carboxylic acids is 1. The number of carbonyl (C=O) groups excluding carboxylic acids is 3. The van der Waals surface area contributed by atoms with Gasteiger partial charge in [-0.15, -0.1) is 0 Å². The van der Waals surface area contributed by atoms with E-state index < -0.39 is 54.1 Å². The first-order valence-corrected chi connectivity index (χ1v) is 11.9. The molecule has 0 saturated carbocycles. The van der Waals surface area contributed by atoms with Crippen LogP contribution in [0.3, 0.4) is 0 Å². The Labute approximate surface area is 215 Å². The van der Waals surface area contributed by atoms with E-state index in [2.05, 4.69) is 10.6 Å². The highest BCUT2D eigenvalue weighted by molar-refractivity contribution is 5.92. The smallest absolute Gasteiger partial charge is 0.407 e. The van der Waals surface area contributed by atoms with Crippen LogP contribution in [0, 0.1) is 0 Å². The Morgan fingerprint density at radius 1 is 0.946 bits per heavy atom. The van der Waals surface area contributed by atoms with Crippen LogP contribution < -0.4 is 10.6 Å². The Morgan fingerprint density at radius 2 is 1.49 bits per heavy atom. The summed E-state index contributed by atoms with van der Waals surface area (Å²) in [6, 6.07) is 12.5. The first kappa shape index (κ1) is 27.7. The number of fused-ring (bicyclic) bond motifs is 3.